The number of nitrogens with zero attached hydrogens (tertiary/aromatic N) is 5. The topological polar surface area (TPSA) is 83.1 Å². The Morgan fingerprint density at radius 3 is 2.69 bits per heavy atom. The quantitative estimate of drug-likeness (QED) is 0.675. The molecule has 0 spiro atoms. The third-order valence-electron chi connectivity index (χ3n) is 7.73. The number of anilines is 3. The van der Waals surface area contributed by atoms with E-state index < -0.39 is 0 Å². The Morgan fingerprint density at radius 1 is 1.11 bits per heavy atom. The highest BCUT2D eigenvalue weighted by atomic mass is 16.5. The van der Waals surface area contributed by atoms with Gasteiger partial charge in [0.05, 0.1) is 24.5 Å². The Kier molecular flexibility index (Phi) is 6.03. The molecule has 1 aromatic heterocycles. The van der Waals surface area contributed by atoms with Crippen LogP contribution in [0, 0.1) is 0 Å². The number of hydrogen-bond acceptors (Lipinski definition) is 8. The zero-order chi connectivity index (χ0) is 23.8. The largest absolute Gasteiger partial charge is 0.486 e. The van der Waals surface area contributed by atoms with Crippen LogP contribution in [0.4, 0.5) is 17.3 Å². The van der Waals surface area contributed by atoms with Crippen molar-refractivity contribution in [2.75, 3.05) is 62.7 Å². The Labute approximate surface area is 205 Å². The predicted molar refractivity (Wildman–Crippen MR) is 133 cm³/mol. The number of fused-ring (bicyclic) bond motifs is 2. The number of morpholine rings is 1. The van der Waals surface area contributed by atoms with E-state index in [2.05, 4.69) is 49.9 Å². The van der Waals surface area contributed by atoms with Crippen molar-refractivity contribution >= 4 is 23.2 Å². The molecular formula is C26H32N6O3. The molecule has 0 saturated carbocycles. The number of amides is 1. The van der Waals surface area contributed by atoms with Gasteiger partial charge < -0.3 is 24.6 Å². The molecule has 2 aromatic rings. The van der Waals surface area contributed by atoms with Crippen LogP contribution in [-0.2, 0) is 16.1 Å². The number of carbonyl (C=O) groups excluding carboxylic acids is 1. The molecule has 1 aromatic carbocycles. The van der Waals surface area contributed by atoms with Gasteiger partial charge in [0.2, 0.25) is 5.91 Å². The third-order valence-corrected chi connectivity index (χ3v) is 7.73. The van der Waals surface area contributed by atoms with Gasteiger partial charge in [-0.05, 0) is 55.6 Å². The molecular weight excluding hydrogens is 444 g/mol. The fraction of sp³-hybridized carbons (Fsp3) is 0.500. The molecule has 0 aliphatic carbocycles. The molecule has 9 nitrogen and oxygen atoms in total. The van der Waals surface area contributed by atoms with Crippen LogP contribution in [-0.4, -0.2) is 84.2 Å². The maximum Gasteiger partial charge on any atom is 0.246 e. The molecule has 0 atom stereocenters. The average Bonchev–Trinajstić information content (AvgIpc) is 3.07. The molecule has 3 saturated heterocycles. The molecule has 0 bridgehead atoms. The fourth-order valence-corrected chi connectivity index (χ4v) is 5.59. The molecule has 35 heavy (non-hydrogen) atoms. The first kappa shape index (κ1) is 22.3. The number of likely N-dealkylation sites (tertiary alicyclic amines) is 2. The zero-order valence-corrected chi connectivity index (χ0v) is 20.0. The summed E-state index contributed by atoms with van der Waals surface area (Å²) in [5, 5.41) is 3.54. The van der Waals surface area contributed by atoms with E-state index >= 15 is 0 Å². The second-order valence-corrected chi connectivity index (χ2v) is 9.70. The minimum absolute atomic E-state index is 0.0414. The summed E-state index contributed by atoms with van der Waals surface area (Å²) in [7, 11) is 0. The molecule has 0 unspecified atom stereocenters. The van der Waals surface area contributed by atoms with Crippen LogP contribution in [0.15, 0.2) is 37.2 Å². The van der Waals surface area contributed by atoms with Crippen LogP contribution >= 0.6 is 0 Å². The number of nitrogens with one attached hydrogen (secondary N) is 1. The number of rotatable bonds is 4. The second-order valence-electron chi connectivity index (χ2n) is 9.70. The van der Waals surface area contributed by atoms with Crippen molar-refractivity contribution in [3.05, 3.63) is 48.3 Å². The minimum atomic E-state index is 0.0414. The molecule has 4 aliphatic rings. The lowest BCUT2D eigenvalue weighted by atomic mass is 9.88. The molecule has 5 heterocycles. The summed E-state index contributed by atoms with van der Waals surface area (Å²) in [5.74, 6) is 3.14. The van der Waals surface area contributed by atoms with Crippen molar-refractivity contribution in [3.8, 4) is 5.75 Å². The first-order chi connectivity index (χ1) is 17.2. The predicted octanol–water partition coefficient (Wildman–Crippen LogP) is 2.53. The fourth-order valence-electron chi connectivity index (χ4n) is 5.59. The van der Waals surface area contributed by atoms with E-state index in [0.717, 1.165) is 80.7 Å². The number of carbonyl (C=O) groups is 1. The first-order valence-corrected chi connectivity index (χ1v) is 12.6. The van der Waals surface area contributed by atoms with E-state index in [4.69, 9.17) is 9.47 Å². The van der Waals surface area contributed by atoms with Gasteiger partial charge in [-0.2, -0.15) is 0 Å². The van der Waals surface area contributed by atoms with Crippen LogP contribution in [0.2, 0.25) is 0 Å². The monoisotopic (exact) mass is 476 g/mol. The highest BCUT2D eigenvalue weighted by Gasteiger charge is 2.35. The summed E-state index contributed by atoms with van der Waals surface area (Å²) in [6.45, 7) is 10.9. The third kappa shape index (κ3) is 4.34. The maximum atomic E-state index is 11.7. The van der Waals surface area contributed by atoms with Gasteiger partial charge in [-0.25, -0.2) is 9.97 Å². The highest BCUT2D eigenvalue weighted by molar-refractivity contribution is 5.87. The van der Waals surface area contributed by atoms with Gasteiger partial charge >= 0.3 is 0 Å². The summed E-state index contributed by atoms with van der Waals surface area (Å²) < 4.78 is 11.7. The maximum absolute atomic E-state index is 11.7. The Morgan fingerprint density at radius 2 is 1.91 bits per heavy atom. The highest BCUT2D eigenvalue weighted by Crippen LogP contribution is 2.39. The first-order valence-electron chi connectivity index (χ1n) is 12.6. The van der Waals surface area contributed by atoms with Gasteiger partial charge in [0.15, 0.2) is 0 Å². The SMILES string of the molecule is C=CC(=O)N1CC(N2CCC(c3ccc4c(c3)Nc3ncnc(N5CCOCC5)c3CO4)CC2)C1. The summed E-state index contributed by atoms with van der Waals surface area (Å²) in [6.07, 6.45) is 5.27. The van der Waals surface area contributed by atoms with Crippen molar-refractivity contribution in [2.45, 2.75) is 31.4 Å². The van der Waals surface area contributed by atoms with Gasteiger partial charge in [0.25, 0.3) is 0 Å². The normalized spacial score (nSPS) is 21.1. The van der Waals surface area contributed by atoms with Crippen molar-refractivity contribution in [2.24, 2.45) is 0 Å². The number of benzene rings is 1. The van der Waals surface area contributed by atoms with E-state index in [1.807, 2.05) is 4.90 Å². The van der Waals surface area contributed by atoms with E-state index in [1.54, 1.807) is 6.33 Å². The molecule has 184 valence electrons. The van der Waals surface area contributed by atoms with Crippen LogP contribution in [0.5, 0.6) is 5.75 Å². The van der Waals surface area contributed by atoms with Crippen LogP contribution < -0.4 is 15.0 Å². The Hall–Kier alpha value is -3.17. The van der Waals surface area contributed by atoms with Crippen LogP contribution in [0.25, 0.3) is 0 Å². The lowest BCUT2D eigenvalue weighted by Gasteiger charge is -2.47. The van der Waals surface area contributed by atoms with Gasteiger partial charge in [-0.3, -0.25) is 9.69 Å². The van der Waals surface area contributed by atoms with Gasteiger partial charge in [0, 0.05) is 32.2 Å². The summed E-state index contributed by atoms with van der Waals surface area (Å²) >= 11 is 0. The molecule has 1 N–H and O–H groups in total. The number of hydrogen-bond donors (Lipinski definition) is 1. The van der Waals surface area contributed by atoms with Crippen molar-refractivity contribution in [1.29, 1.82) is 0 Å². The summed E-state index contributed by atoms with van der Waals surface area (Å²) in [5.41, 5.74) is 3.29. The van der Waals surface area contributed by atoms with Gasteiger partial charge in [-0.15, -0.1) is 0 Å². The number of aromatic nitrogens is 2. The standard InChI is InChI=1S/C26H32N6O3/c1-2-24(33)32-14-20(15-32)30-7-5-18(6-8-30)19-3-4-23-22(13-19)29-25-21(16-35-23)26(28-17-27-25)31-9-11-34-12-10-31/h2-4,13,17-18,20H,1,5-12,14-16H2,(H,27,28,29). The Bertz CT molecular complexity index is 1100. The molecule has 3 fully saturated rings. The summed E-state index contributed by atoms with van der Waals surface area (Å²) in [4.78, 5) is 27.5. The van der Waals surface area contributed by atoms with Crippen molar-refractivity contribution in [1.82, 2.24) is 19.8 Å². The molecule has 4 aliphatic heterocycles. The second kappa shape index (κ2) is 9.47. The lowest BCUT2D eigenvalue weighted by molar-refractivity contribution is -0.133. The smallest absolute Gasteiger partial charge is 0.246 e. The van der Waals surface area contributed by atoms with Crippen LogP contribution in [0.3, 0.4) is 0 Å². The summed E-state index contributed by atoms with van der Waals surface area (Å²) in [6, 6.07) is 7.01. The average molecular weight is 477 g/mol. The molecule has 0 radical (unpaired) electrons. The number of piperidine rings is 1. The molecule has 9 heteroatoms. The van der Waals surface area contributed by atoms with E-state index in [-0.39, 0.29) is 5.91 Å². The number of ether oxygens (including phenoxy) is 2. The minimum Gasteiger partial charge on any atom is -0.486 e. The molecule has 1 amide bonds. The van der Waals surface area contributed by atoms with E-state index in [9.17, 15) is 4.79 Å². The van der Waals surface area contributed by atoms with Crippen molar-refractivity contribution < 1.29 is 14.3 Å². The van der Waals surface area contributed by atoms with Gasteiger partial charge in [-0.1, -0.05) is 12.6 Å². The van der Waals surface area contributed by atoms with Crippen molar-refractivity contribution in [3.63, 3.8) is 0 Å². The zero-order valence-electron chi connectivity index (χ0n) is 20.0. The lowest BCUT2D eigenvalue weighted by Crippen LogP contribution is -2.61. The van der Waals surface area contributed by atoms with E-state index in [1.165, 1.54) is 11.6 Å². The van der Waals surface area contributed by atoms with Crippen LogP contribution in [0.1, 0.15) is 29.9 Å². The van der Waals surface area contributed by atoms with Gasteiger partial charge in [0.1, 0.15) is 30.3 Å². The van der Waals surface area contributed by atoms with E-state index in [0.29, 0.717) is 31.8 Å². The Balaban J connectivity index is 1.13. The molecule has 6 rings (SSSR count).